The Morgan fingerprint density at radius 2 is 2.15 bits per heavy atom. The van der Waals surface area contributed by atoms with E-state index in [1.54, 1.807) is 16.7 Å². The average Bonchev–Trinajstić information content (AvgIpc) is 2.67. The molecule has 20 heavy (non-hydrogen) atoms. The standard InChI is InChI=1S/C13H24N2O4S/c1-20-8-6-11(12(17)18)14-13(19)15-7-4-2-3-5-10(15)9-16/h10-11,16H,2-9H2,1H3,(H,14,19)(H,17,18)/t10?,11-/m1/s1. The van der Waals surface area contributed by atoms with Gasteiger partial charge in [0.05, 0.1) is 12.6 Å². The topological polar surface area (TPSA) is 89.9 Å². The summed E-state index contributed by atoms with van der Waals surface area (Å²) in [6, 6.07) is -1.44. The second-order valence-electron chi connectivity index (χ2n) is 5.00. The van der Waals surface area contributed by atoms with Crippen LogP contribution >= 0.6 is 11.8 Å². The number of nitrogens with one attached hydrogen (secondary N) is 1. The molecule has 0 spiro atoms. The number of carbonyl (C=O) groups is 2. The van der Waals surface area contributed by atoms with Crippen molar-refractivity contribution in [1.29, 1.82) is 0 Å². The molecule has 0 saturated carbocycles. The number of aliphatic hydroxyl groups is 1. The first-order chi connectivity index (χ1) is 9.60. The van der Waals surface area contributed by atoms with Gasteiger partial charge in [0.15, 0.2) is 0 Å². The van der Waals surface area contributed by atoms with Gasteiger partial charge in [-0.05, 0) is 31.3 Å². The molecule has 1 saturated heterocycles. The first-order valence-electron chi connectivity index (χ1n) is 7.00. The Kier molecular flexibility index (Phi) is 7.76. The van der Waals surface area contributed by atoms with Crippen molar-refractivity contribution < 1.29 is 19.8 Å². The van der Waals surface area contributed by atoms with E-state index in [2.05, 4.69) is 5.32 Å². The number of aliphatic hydroxyl groups excluding tert-OH is 1. The summed E-state index contributed by atoms with van der Waals surface area (Å²) in [7, 11) is 0. The zero-order valence-corrected chi connectivity index (χ0v) is 12.7. The summed E-state index contributed by atoms with van der Waals surface area (Å²) in [5.74, 6) is -0.330. The van der Waals surface area contributed by atoms with Gasteiger partial charge in [-0.25, -0.2) is 9.59 Å². The predicted molar refractivity (Wildman–Crippen MR) is 79.0 cm³/mol. The molecule has 1 fully saturated rings. The van der Waals surface area contributed by atoms with Gasteiger partial charge >= 0.3 is 12.0 Å². The highest BCUT2D eigenvalue weighted by molar-refractivity contribution is 7.98. The highest BCUT2D eigenvalue weighted by atomic mass is 32.2. The van der Waals surface area contributed by atoms with E-state index in [-0.39, 0.29) is 18.7 Å². The zero-order valence-electron chi connectivity index (χ0n) is 11.9. The molecule has 1 heterocycles. The number of hydrogen-bond acceptors (Lipinski definition) is 4. The summed E-state index contributed by atoms with van der Waals surface area (Å²) in [5.41, 5.74) is 0. The number of aliphatic carboxylic acids is 1. The van der Waals surface area contributed by atoms with Gasteiger partial charge in [-0.3, -0.25) is 0 Å². The number of likely N-dealkylation sites (tertiary alicyclic amines) is 1. The molecular formula is C13H24N2O4S. The number of rotatable bonds is 6. The van der Waals surface area contributed by atoms with Crippen LogP contribution in [0.15, 0.2) is 0 Å². The van der Waals surface area contributed by atoms with Crippen molar-refractivity contribution in [3.63, 3.8) is 0 Å². The van der Waals surface area contributed by atoms with E-state index in [0.717, 1.165) is 25.7 Å². The van der Waals surface area contributed by atoms with Crippen molar-refractivity contribution >= 4 is 23.8 Å². The van der Waals surface area contributed by atoms with Crippen molar-refractivity contribution in [1.82, 2.24) is 10.2 Å². The largest absolute Gasteiger partial charge is 0.480 e. The summed E-state index contributed by atoms with van der Waals surface area (Å²) in [4.78, 5) is 25.0. The summed E-state index contributed by atoms with van der Waals surface area (Å²) < 4.78 is 0. The van der Waals surface area contributed by atoms with E-state index in [9.17, 15) is 14.7 Å². The molecule has 0 bridgehead atoms. The molecule has 0 aliphatic carbocycles. The Bertz CT molecular complexity index is 327. The summed E-state index contributed by atoms with van der Waals surface area (Å²) in [6.45, 7) is 0.502. The van der Waals surface area contributed by atoms with Gasteiger partial charge in [0.1, 0.15) is 6.04 Å². The molecule has 2 atom stereocenters. The highest BCUT2D eigenvalue weighted by Crippen LogP contribution is 2.16. The fourth-order valence-corrected chi connectivity index (χ4v) is 2.83. The molecular weight excluding hydrogens is 280 g/mol. The molecule has 0 aromatic rings. The smallest absolute Gasteiger partial charge is 0.326 e. The lowest BCUT2D eigenvalue weighted by atomic mass is 10.1. The van der Waals surface area contributed by atoms with Gasteiger partial charge in [0.2, 0.25) is 0 Å². The van der Waals surface area contributed by atoms with E-state index in [1.807, 2.05) is 6.26 Å². The van der Waals surface area contributed by atoms with Crippen LogP contribution in [-0.4, -0.2) is 64.4 Å². The van der Waals surface area contributed by atoms with E-state index < -0.39 is 12.0 Å². The van der Waals surface area contributed by atoms with Gasteiger partial charge in [0, 0.05) is 6.54 Å². The van der Waals surface area contributed by atoms with Crippen LogP contribution in [0.4, 0.5) is 4.79 Å². The second-order valence-corrected chi connectivity index (χ2v) is 5.99. The lowest BCUT2D eigenvalue weighted by molar-refractivity contribution is -0.139. The highest BCUT2D eigenvalue weighted by Gasteiger charge is 2.28. The van der Waals surface area contributed by atoms with Crippen LogP contribution in [0.3, 0.4) is 0 Å². The fraction of sp³-hybridized carbons (Fsp3) is 0.846. The molecule has 1 aliphatic rings. The van der Waals surface area contributed by atoms with Crippen molar-refractivity contribution in [2.24, 2.45) is 0 Å². The number of carboxylic acids is 1. The number of carbonyl (C=O) groups excluding carboxylic acids is 1. The Morgan fingerprint density at radius 1 is 1.40 bits per heavy atom. The van der Waals surface area contributed by atoms with Gasteiger partial charge < -0.3 is 20.4 Å². The third-order valence-electron chi connectivity index (χ3n) is 3.56. The number of hydrogen-bond donors (Lipinski definition) is 3. The number of carboxylic acid groups (broad SMARTS) is 1. The molecule has 1 aliphatic heterocycles. The summed E-state index contributed by atoms with van der Waals surface area (Å²) in [6.07, 6.45) is 6.00. The molecule has 0 radical (unpaired) electrons. The van der Waals surface area contributed by atoms with Crippen LogP contribution in [0.25, 0.3) is 0 Å². The van der Waals surface area contributed by atoms with E-state index in [1.165, 1.54) is 0 Å². The Hall–Kier alpha value is -0.950. The average molecular weight is 304 g/mol. The molecule has 116 valence electrons. The van der Waals surface area contributed by atoms with E-state index in [0.29, 0.717) is 18.7 Å². The molecule has 1 rings (SSSR count). The van der Waals surface area contributed by atoms with Crippen LogP contribution in [-0.2, 0) is 4.79 Å². The van der Waals surface area contributed by atoms with E-state index >= 15 is 0 Å². The molecule has 7 heteroatoms. The number of nitrogens with zero attached hydrogens (tertiary/aromatic N) is 1. The third kappa shape index (κ3) is 5.20. The minimum Gasteiger partial charge on any atom is -0.480 e. The van der Waals surface area contributed by atoms with Crippen molar-refractivity contribution in [2.45, 2.75) is 44.2 Å². The fourth-order valence-electron chi connectivity index (χ4n) is 2.36. The Labute approximate surface area is 123 Å². The van der Waals surface area contributed by atoms with E-state index in [4.69, 9.17) is 5.11 Å². The van der Waals surface area contributed by atoms with Crippen molar-refractivity contribution in [3.8, 4) is 0 Å². The maximum absolute atomic E-state index is 12.2. The van der Waals surface area contributed by atoms with Gasteiger partial charge in [-0.1, -0.05) is 12.8 Å². The monoisotopic (exact) mass is 304 g/mol. The minimum atomic E-state index is -1.01. The normalized spacial score (nSPS) is 21.1. The first kappa shape index (κ1) is 17.1. The number of amides is 2. The number of urea groups is 1. The van der Waals surface area contributed by atoms with Gasteiger partial charge in [-0.2, -0.15) is 11.8 Å². The zero-order chi connectivity index (χ0) is 15.0. The van der Waals surface area contributed by atoms with Crippen LogP contribution in [0, 0.1) is 0 Å². The van der Waals surface area contributed by atoms with Gasteiger partial charge in [0.25, 0.3) is 0 Å². The molecule has 2 amide bonds. The summed E-state index contributed by atoms with van der Waals surface area (Å²) >= 11 is 1.55. The molecule has 1 unspecified atom stereocenters. The van der Waals surface area contributed by atoms with Crippen molar-refractivity contribution in [3.05, 3.63) is 0 Å². The first-order valence-corrected chi connectivity index (χ1v) is 8.39. The predicted octanol–water partition coefficient (Wildman–Crippen LogP) is 1.14. The summed E-state index contributed by atoms with van der Waals surface area (Å²) in [5, 5.41) is 21.1. The molecule has 0 aromatic heterocycles. The van der Waals surface area contributed by atoms with Gasteiger partial charge in [-0.15, -0.1) is 0 Å². The van der Waals surface area contributed by atoms with Crippen LogP contribution < -0.4 is 5.32 Å². The van der Waals surface area contributed by atoms with Crippen molar-refractivity contribution in [2.75, 3.05) is 25.2 Å². The molecule has 6 nitrogen and oxygen atoms in total. The molecule has 3 N–H and O–H groups in total. The third-order valence-corrected chi connectivity index (χ3v) is 4.20. The lowest BCUT2D eigenvalue weighted by Crippen LogP contribution is -2.52. The maximum Gasteiger partial charge on any atom is 0.326 e. The molecule has 0 aromatic carbocycles. The number of thioether (sulfide) groups is 1. The lowest BCUT2D eigenvalue weighted by Gasteiger charge is -2.30. The Balaban J connectivity index is 2.62. The second kappa shape index (κ2) is 9.07. The minimum absolute atomic E-state index is 0.0734. The quantitative estimate of drug-likeness (QED) is 0.684. The Morgan fingerprint density at radius 3 is 2.75 bits per heavy atom. The SMILES string of the molecule is CSCC[C@@H](NC(=O)N1CCCCCC1CO)C(=O)O. The van der Waals surface area contributed by atoms with Crippen LogP contribution in [0.5, 0.6) is 0 Å². The van der Waals surface area contributed by atoms with Crippen LogP contribution in [0.2, 0.25) is 0 Å². The van der Waals surface area contributed by atoms with Crippen LogP contribution in [0.1, 0.15) is 32.1 Å². The maximum atomic E-state index is 12.2.